The number of esters is 3. The zero-order valence-corrected chi connectivity index (χ0v) is 36.1. The smallest absolute Gasteiger partial charge is 0.306 e. The van der Waals surface area contributed by atoms with Crippen molar-refractivity contribution in [1.82, 2.24) is 0 Å². The molecule has 0 fully saturated rings. The van der Waals surface area contributed by atoms with E-state index in [9.17, 15) is 14.4 Å². The lowest BCUT2D eigenvalue weighted by Gasteiger charge is -2.18. The maximum absolute atomic E-state index is 12.7. The molecule has 0 spiro atoms. The second-order valence-corrected chi connectivity index (χ2v) is 17.0. The fourth-order valence-electron chi connectivity index (χ4n) is 6.93. The second-order valence-electron chi connectivity index (χ2n) is 17.0. The molecule has 0 aliphatic carbocycles. The molecule has 0 aromatic heterocycles. The average Bonchev–Trinajstić information content (AvgIpc) is 3.12. The SMILES string of the molecule is CCCCCCCCCCCC(=O)OC[C@@H](COC(=O)CCCCCCCCCCCCCCCCC(C)C)OC(=O)CCCCCCCCC(C)C. The molecule has 0 amide bonds. The van der Waals surface area contributed by atoms with Crippen molar-refractivity contribution in [2.24, 2.45) is 11.8 Å². The number of carbonyl (C=O) groups is 3. The highest BCUT2D eigenvalue weighted by molar-refractivity contribution is 5.71. The molecule has 1 atom stereocenters. The highest BCUT2D eigenvalue weighted by atomic mass is 16.6. The van der Waals surface area contributed by atoms with Crippen LogP contribution in [0, 0.1) is 11.8 Å². The van der Waals surface area contributed by atoms with Crippen LogP contribution in [0.15, 0.2) is 0 Å². The van der Waals surface area contributed by atoms with Gasteiger partial charge in [-0.15, -0.1) is 0 Å². The molecular weight excluding hydrogens is 661 g/mol. The van der Waals surface area contributed by atoms with Crippen LogP contribution in [0.3, 0.4) is 0 Å². The Bertz CT molecular complexity index is 809. The lowest BCUT2D eigenvalue weighted by molar-refractivity contribution is -0.167. The van der Waals surface area contributed by atoms with Crippen molar-refractivity contribution in [2.45, 2.75) is 259 Å². The zero-order valence-electron chi connectivity index (χ0n) is 36.1. The first-order chi connectivity index (χ1) is 25.7. The third-order valence-corrected chi connectivity index (χ3v) is 10.5. The fourth-order valence-corrected chi connectivity index (χ4v) is 6.93. The monoisotopic (exact) mass is 751 g/mol. The number of hydrogen-bond donors (Lipinski definition) is 0. The number of unbranched alkanes of at least 4 members (excludes halogenated alkanes) is 26. The lowest BCUT2D eigenvalue weighted by atomic mass is 10.0. The maximum atomic E-state index is 12.7. The summed E-state index contributed by atoms with van der Waals surface area (Å²) >= 11 is 0. The van der Waals surface area contributed by atoms with Crippen LogP contribution in [-0.4, -0.2) is 37.2 Å². The Morgan fingerprint density at radius 1 is 0.358 bits per heavy atom. The van der Waals surface area contributed by atoms with Gasteiger partial charge in [0.1, 0.15) is 13.2 Å². The van der Waals surface area contributed by atoms with Crippen molar-refractivity contribution >= 4 is 17.9 Å². The summed E-state index contributed by atoms with van der Waals surface area (Å²) in [4.78, 5) is 37.6. The minimum absolute atomic E-state index is 0.0656. The van der Waals surface area contributed by atoms with Crippen LogP contribution in [0.25, 0.3) is 0 Å². The van der Waals surface area contributed by atoms with Crippen LogP contribution in [0.2, 0.25) is 0 Å². The van der Waals surface area contributed by atoms with Gasteiger partial charge in [0.25, 0.3) is 0 Å². The summed E-state index contributed by atoms with van der Waals surface area (Å²) in [6, 6.07) is 0. The van der Waals surface area contributed by atoms with E-state index in [0.29, 0.717) is 19.3 Å². The van der Waals surface area contributed by atoms with Gasteiger partial charge in [-0.3, -0.25) is 14.4 Å². The summed E-state index contributed by atoms with van der Waals surface area (Å²) in [5.74, 6) is 0.741. The molecule has 0 saturated heterocycles. The number of rotatable bonds is 41. The third-order valence-electron chi connectivity index (χ3n) is 10.5. The Hall–Kier alpha value is -1.59. The Balaban J connectivity index is 4.23. The first-order valence-corrected chi connectivity index (χ1v) is 23.2. The fraction of sp³-hybridized carbons (Fsp3) is 0.936. The molecule has 0 bridgehead atoms. The Labute approximate surface area is 329 Å². The van der Waals surface area contributed by atoms with Gasteiger partial charge in [0.2, 0.25) is 0 Å². The summed E-state index contributed by atoms with van der Waals surface area (Å²) in [5.41, 5.74) is 0. The molecule has 6 heteroatoms. The molecule has 0 saturated carbocycles. The van der Waals surface area contributed by atoms with E-state index in [2.05, 4.69) is 34.6 Å². The van der Waals surface area contributed by atoms with Crippen LogP contribution < -0.4 is 0 Å². The maximum Gasteiger partial charge on any atom is 0.306 e. The van der Waals surface area contributed by atoms with Gasteiger partial charge in [-0.2, -0.15) is 0 Å². The largest absolute Gasteiger partial charge is 0.462 e. The van der Waals surface area contributed by atoms with E-state index in [1.807, 2.05) is 0 Å². The highest BCUT2D eigenvalue weighted by Crippen LogP contribution is 2.16. The standard InChI is InChI=1S/C47H90O6/c1-6-7-8-9-10-17-21-27-32-37-45(48)51-40-44(53-47(50)39-34-29-24-23-26-31-36-43(4)5)41-52-46(49)38-33-28-22-19-16-14-12-11-13-15-18-20-25-30-35-42(2)3/h42-44H,6-41H2,1-5H3/t44-/m0/s1. The van der Waals surface area contributed by atoms with Crippen molar-refractivity contribution in [1.29, 1.82) is 0 Å². The minimum atomic E-state index is -0.760. The summed E-state index contributed by atoms with van der Waals surface area (Å²) in [6.45, 7) is 11.3. The normalized spacial score (nSPS) is 12.1. The molecule has 314 valence electrons. The molecule has 6 nitrogen and oxygen atoms in total. The van der Waals surface area contributed by atoms with Crippen LogP contribution in [0.1, 0.15) is 253 Å². The first-order valence-electron chi connectivity index (χ1n) is 23.2. The van der Waals surface area contributed by atoms with E-state index >= 15 is 0 Å². The van der Waals surface area contributed by atoms with Crippen LogP contribution in [0.5, 0.6) is 0 Å². The van der Waals surface area contributed by atoms with Crippen LogP contribution in [0.4, 0.5) is 0 Å². The predicted molar refractivity (Wildman–Crippen MR) is 224 cm³/mol. The van der Waals surface area contributed by atoms with Crippen LogP contribution >= 0.6 is 0 Å². The van der Waals surface area contributed by atoms with Gasteiger partial charge in [-0.25, -0.2) is 0 Å². The molecule has 0 unspecified atom stereocenters. The number of carbonyl (C=O) groups excluding carboxylic acids is 3. The van der Waals surface area contributed by atoms with Gasteiger partial charge in [0.15, 0.2) is 6.10 Å². The van der Waals surface area contributed by atoms with E-state index in [1.165, 1.54) is 141 Å². The summed E-state index contributed by atoms with van der Waals surface area (Å²) in [6.07, 6.45) is 38.2. The van der Waals surface area contributed by atoms with Gasteiger partial charge in [-0.1, -0.05) is 214 Å². The molecule has 0 N–H and O–H groups in total. The van der Waals surface area contributed by atoms with E-state index in [1.54, 1.807) is 0 Å². The average molecular weight is 751 g/mol. The Morgan fingerprint density at radius 2 is 0.623 bits per heavy atom. The lowest BCUT2D eigenvalue weighted by Crippen LogP contribution is -2.30. The molecule has 0 radical (unpaired) electrons. The van der Waals surface area contributed by atoms with E-state index in [4.69, 9.17) is 14.2 Å². The first kappa shape index (κ1) is 51.4. The molecule has 0 aromatic carbocycles. The molecule has 0 aliphatic rings. The topological polar surface area (TPSA) is 78.9 Å². The summed E-state index contributed by atoms with van der Waals surface area (Å²) in [7, 11) is 0. The van der Waals surface area contributed by atoms with Crippen molar-refractivity contribution in [2.75, 3.05) is 13.2 Å². The van der Waals surface area contributed by atoms with Gasteiger partial charge in [-0.05, 0) is 31.1 Å². The van der Waals surface area contributed by atoms with Crippen molar-refractivity contribution in [3.63, 3.8) is 0 Å². The number of hydrogen-bond acceptors (Lipinski definition) is 6. The van der Waals surface area contributed by atoms with Gasteiger partial charge in [0, 0.05) is 19.3 Å². The molecule has 0 heterocycles. The van der Waals surface area contributed by atoms with Crippen molar-refractivity contribution in [3.05, 3.63) is 0 Å². The molecule has 0 rings (SSSR count). The molecule has 0 aromatic rings. The molecular formula is C47H90O6. The molecule has 53 heavy (non-hydrogen) atoms. The van der Waals surface area contributed by atoms with Gasteiger partial charge >= 0.3 is 17.9 Å². The summed E-state index contributed by atoms with van der Waals surface area (Å²) in [5, 5.41) is 0. The third kappa shape index (κ3) is 41.4. The van der Waals surface area contributed by atoms with E-state index in [0.717, 1.165) is 69.6 Å². The molecule has 0 aliphatic heterocycles. The van der Waals surface area contributed by atoms with Crippen molar-refractivity contribution < 1.29 is 28.6 Å². The zero-order chi connectivity index (χ0) is 39.0. The number of ether oxygens (including phenoxy) is 3. The Kier molecular flexibility index (Phi) is 38.9. The van der Waals surface area contributed by atoms with Gasteiger partial charge in [0.05, 0.1) is 0 Å². The van der Waals surface area contributed by atoms with Crippen LogP contribution in [-0.2, 0) is 28.6 Å². The highest BCUT2D eigenvalue weighted by Gasteiger charge is 2.19. The minimum Gasteiger partial charge on any atom is -0.462 e. The van der Waals surface area contributed by atoms with E-state index < -0.39 is 6.10 Å². The Morgan fingerprint density at radius 3 is 0.925 bits per heavy atom. The van der Waals surface area contributed by atoms with E-state index in [-0.39, 0.29) is 31.1 Å². The quantitative estimate of drug-likeness (QED) is 0.0352. The van der Waals surface area contributed by atoms with Gasteiger partial charge < -0.3 is 14.2 Å². The van der Waals surface area contributed by atoms with Crippen molar-refractivity contribution in [3.8, 4) is 0 Å². The second kappa shape index (κ2) is 40.1. The summed E-state index contributed by atoms with van der Waals surface area (Å²) < 4.78 is 16.7. The predicted octanol–water partition coefficient (Wildman–Crippen LogP) is 14.6.